The summed E-state index contributed by atoms with van der Waals surface area (Å²) in [6.07, 6.45) is 6.16. The summed E-state index contributed by atoms with van der Waals surface area (Å²) in [5.41, 5.74) is 7.35. The van der Waals surface area contributed by atoms with Gasteiger partial charge in [0, 0.05) is 33.0 Å². The van der Waals surface area contributed by atoms with Gasteiger partial charge in [-0.15, -0.1) is 0 Å². The Hall–Kier alpha value is -1.97. The summed E-state index contributed by atoms with van der Waals surface area (Å²) in [4.78, 5) is 21.0. The Morgan fingerprint density at radius 1 is 1.41 bits per heavy atom. The minimum absolute atomic E-state index is 0.131. The maximum Gasteiger partial charge on any atom is 0.320 e. The van der Waals surface area contributed by atoms with Gasteiger partial charge >= 0.3 is 6.03 Å². The van der Waals surface area contributed by atoms with Crippen LogP contribution in [-0.2, 0) is 11.5 Å². The number of amides is 2. The third kappa shape index (κ3) is 5.75. The number of carbonyl (C=O) groups is 1. The second-order valence-electron chi connectivity index (χ2n) is 8.47. The zero-order valence-corrected chi connectivity index (χ0v) is 17.4. The van der Waals surface area contributed by atoms with Crippen molar-refractivity contribution in [1.29, 1.82) is 0 Å². The molecule has 2 aromatic rings. The molecule has 2 aromatic heterocycles. The summed E-state index contributed by atoms with van der Waals surface area (Å²) in [5, 5.41) is 5.69. The van der Waals surface area contributed by atoms with Gasteiger partial charge in [-0.05, 0) is 31.4 Å². The first-order valence-corrected chi connectivity index (χ1v) is 13.2. The van der Waals surface area contributed by atoms with Gasteiger partial charge in [-0.3, -0.25) is 5.32 Å². The number of anilines is 1. The molecule has 3 rings (SSSR count). The highest BCUT2D eigenvalue weighted by Gasteiger charge is 2.23. The van der Waals surface area contributed by atoms with Crippen LogP contribution in [-0.4, -0.2) is 47.3 Å². The summed E-state index contributed by atoms with van der Waals surface area (Å²) < 4.78 is 7.71. The quantitative estimate of drug-likeness (QED) is 0.498. The normalized spacial score (nSPS) is 20.1. The number of urea groups is 1. The van der Waals surface area contributed by atoms with Gasteiger partial charge in [0.05, 0.1) is 6.20 Å². The molecule has 2 heterocycles. The fourth-order valence-corrected chi connectivity index (χ4v) is 3.91. The van der Waals surface area contributed by atoms with E-state index in [1.165, 1.54) is 0 Å². The van der Waals surface area contributed by atoms with Gasteiger partial charge in [-0.2, -0.15) is 0 Å². The highest BCUT2D eigenvalue weighted by Crippen LogP contribution is 2.18. The van der Waals surface area contributed by atoms with Crippen LogP contribution in [0.1, 0.15) is 19.3 Å². The molecule has 2 unspecified atom stereocenters. The van der Waals surface area contributed by atoms with Crippen molar-refractivity contribution in [2.75, 3.05) is 11.9 Å². The van der Waals surface area contributed by atoms with Crippen LogP contribution in [0, 0.1) is 0 Å². The zero-order valence-electron chi connectivity index (χ0n) is 16.4. The Morgan fingerprint density at radius 3 is 2.93 bits per heavy atom. The number of nitrogens with two attached hydrogens (primary N) is 1. The third-order valence-electron chi connectivity index (χ3n) is 4.74. The Balaban J connectivity index is 1.54. The predicted octanol–water partition coefficient (Wildman–Crippen LogP) is 2.74. The molecule has 8 nitrogen and oxygen atoms in total. The minimum atomic E-state index is -1.09. The number of nitrogens with one attached hydrogen (secondary N) is 2. The average Bonchev–Trinajstić information content (AvgIpc) is 3.16. The topological polar surface area (TPSA) is 107 Å². The van der Waals surface area contributed by atoms with Gasteiger partial charge in [-0.25, -0.2) is 14.8 Å². The van der Waals surface area contributed by atoms with Crippen LogP contribution < -0.4 is 16.4 Å². The predicted molar refractivity (Wildman–Crippen MR) is 109 cm³/mol. The highest BCUT2D eigenvalue weighted by molar-refractivity contribution is 6.76. The van der Waals surface area contributed by atoms with Crippen LogP contribution in [0.3, 0.4) is 0 Å². The van der Waals surface area contributed by atoms with Crippen molar-refractivity contribution in [2.24, 2.45) is 5.73 Å². The molecule has 1 saturated carbocycles. The number of aromatic nitrogens is 3. The molecule has 1 aliphatic carbocycles. The molecule has 148 valence electrons. The standard InChI is InChI=1S/C18H30N6O2Si/c1-27(2,3)9-8-26-12-24-7-6-15-17(24)20-11-16(22-15)23-18(25)21-14-5-4-13(19)10-14/h6-7,11,13-14H,4-5,8-10,12,19H2,1-3H3,(H2,21,22,23,25). The van der Waals surface area contributed by atoms with Crippen molar-refractivity contribution >= 4 is 31.1 Å². The Bertz CT molecular complexity index is 788. The molecule has 0 spiro atoms. The first-order chi connectivity index (χ1) is 12.8. The summed E-state index contributed by atoms with van der Waals surface area (Å²) >= 11 is 0. The summed E-state index contributed by atoms with van der Waals surface area (Å²) in [7, 11) is -1.09. The Labute approximate surface area is 160 Å². The fourth-order valence-electron chi connectivity index (χ4n) is 3.15. The molecule has 0 aliphatic heterocycles. The SMILES string of the molecule is C[Si](C)(C)CCOCn1ccc2nc(NC(=O)NC3CCC(N)C3)cnc21. The van der Waals surface area contributed by atoms with Crippen molar-refractivity contribution in [3.8, 4) is 0 Å². The van der Waals surface area contributed by atoms with E-state index in [4.69, 9.17) is 10.5 Å². The fraction of sp³-hybridized carbons (Fsp3) is 0.611. The maximum absolute atomic E-state index is 12.1. The van der Waals surface area contributed by atoms with Crippen molar-refractivity contribution in [3.63, 3.8) is 0 Å². The van der Waals surface area contributed by atoms with Crippen molar-refractivity contribution in [1.82, 2.24) is 19.9 Å². The van der Waals surface area contributed by atoms with Crippen molar-refractivity contribution in [3.05, 3.63) is 18.5 Å². The summed E-state index contributed by atoms with van der Waals surface area (Å²) in [5.74, 6) is 0.430. The van der Waals surface area contributed by atoms with Crippen LogP contribution in [0.15, 0.2) is 18.5 Å². The molecule has 2 amide bonds. The van der Waals surface area contributed by atoms with E-state index >= 15 is 0 Å². The molecule has 0 radical (unpaired) electrons. The van der Waals surface area contributed by atoms with E-state index in [9.17, 15) is 4.79 Å². The first kappa shape index (κ1) is 19.8. The number of nitrogens with zero attached hydrogens (tertiary/aromatic N) is 3. The minimum Gasteiger partial charge on any atom is -0.361 e. The third-order valence-corrected chi connectivity index (χ3v) is 6.44. The maximum atomic E-state index is 12.1. The molecule has 1 fully saturated rings. The lowest BCUT2D eigenvalue weighted by molar-refractivity contribution is 0.0899. The monoisotopic (exact) mass is 390 g/mol. The number of carbonyl (C=O) groups excluding carboxylic acids is 1. The molecule has 27 heavy (non-hydrogen) atoms. The molecular formula is C18H30N6O2Si. The van der Waals surface area contributed by atoms with Gasteiger partial charge in [-0.1, -0.05) is 19.6 Å². The Morgan fingerprint density at radius 2 is 2.22 bits per heavy atom. The zero-order chi connectivity index (χ0) is 19.4. The van der Waals surface area contributed by atoms with E-state index in [-0.39, 0.29) is 18.1 Å². The Kier molecular flexibility index (Phi) is 6.13. The van der Waals surface area contributed by atoms with Crippen LogP contribution in [0.5, 0.6) is 0 Å². The van der Waals surface area contributed by atoms with E-state index in [0.717, 1.165) is 43.1 Å². The van der Waals surface area contributed by atoms with Crippen molar-refractivity contribution < 1.29 is 9.53 Å². The second kappa shape index (κ2) is 8.36. The number of ether oxygens (including phenoxy) is 1. The van der Waals surface area contributed by atoms with Gasteiger partial charge in [0.1, 0.15) is 12.2 Å². The van der Waals surface area contributed by atoms with Crippen LogP contribution >= 0.6 is 0 Å². The smallest absolute Gasteiger partial charge is 0.320 e. The van der Waals surface area contributed by atoms with Crippen LogP contribution in [0.4, 0.5) is 10.6 Å². The van der Waals surface area contributed by atoms with Gasteiger partial charge < -0.3 is 20.4 Å². The molecule has 9 heteroatoms. The largest absolute Gasteiger partial charge is 0.361 e. The molecule has 2 atom stereocenters. The number of rotatable bonds is 7. The molecule has 0 saturated heterocycles. The highest BCUT2D eigenvalue weighted by atomic mass is 28.3. The number of hydrogen-bond donors (Lipinski definition) is 3. The lowest BCUT2D eigenvalue weighted by Crippen LogP contribution is -2.37. The summed E-state index contributed by atoms with van der Waals surface area (Å²) in [6, 6.07) is 3.05. The number of hydrogen-bond acceptors (Lipinski definition) is 5. The van der Waals surface area contributed by atoms with E-state index in [0.29, 0.717) is 12.5 Å². The van der Waals surface area contributed by atoms with E-state index in [1.807, 2.05) is 16.8 Å². The van der Waals surface area contributed by atoms with E-state index < -0.39 is 8.07 Å². The molecule has 1 aliphatic rings. The van der Waals surface area contributed by atoms with E-state index in [1.54, 1.807) is 6.20 Å². The second-order valence-corrected chi connectivity index (χ2v) is 14.1. The van der Waals surface area contributed by atoms with E-state index in [2.05, 4.69) is 40.2 Å². The van der Waals surface area contributed by atoms with Gasteiger partial charge in [0.15, 0.2) is 11.5 Å². The first-order valence-electron chi connectivity index (χ1n) is 9.53. The average molecular weight is 391 g/mol. The summed E-state index contributed by atoms with van der Waals surface area (Å²) in [6.45, 7) is 8.21. The number of fused-ring (bicyclic) bond motifs is 1. The lowest BCUT2D eigenvalue weighted by atomic mass is 10.2. The molecular weight excluding hydrogens is 360 g/mol. The van der Waals surface area contributed by atoms with Crippen LogP contribution in [0.2, 0.25) is 25.7 Å². The lowest BCUT2D eigenvalue weighted by Gasteiger charge is -2.15. The van der Waals surface area contributed by atoms with Crippen molar-refractivity contribution in [2.45, 2.75) is 63.8 Å². The van der Waals surface area contributed by atoms with Gasteiger partial charge in [0.2, 0.25) is 0 Å². The molecule has 4 N–H and O–H groups in total. The van der Waals surface area contributed by atoms with Gasteiger partial charge in [0.25, 0.3) is 0 Å². The molecule has 0 aromatic carbocycles. The molecule has 0 bridgehead atoms. The van der Waals surface area contributed by atoms with Crippen LogP contribution in [0.25, 0.3) is 11.2 Å².